The smallest absolute Gasteiger partial charge is 0.339 e. The summed E-state index contributed by atoms with van der Waals surface area (Å²) in [6, 6.07) is 24.1. The molecule has 30 heavy (non-hydrogen) atoms. The zero-order valence-corrected chi connectivity index (χ0v) is 16.2. The summed E-state index contributed by atoms with van der Waals surface area (Å²) in [5, 5.41) is 2.72. The van der Waals surface area contributed by atoms with Crippen LogP contribution in [-0.4, -0.2) is 37.7 Å². The maximum Gasteiger partial charge on any atom is 0.339 e. The van der Waals surface area contributed by atoms with Crippen molar-refractivity contribution in [1.29, 1.82) is 0 Å². The number of hydrogen-bond donors (Lipinski definition) is 1. The van der Waals surface area contributed by atoms with E-state index in [0.29, 0.717) is 23.7 Å². The molecule has 4 rings (SSSR count). The Morgan fingerprint density at radius 2 is 1.60 bits per heavy atom. The fourth-order valence-electron chi connectivity index (χ4n) is 3.18. The molecule has 152 valence electrons. The lowest BCUT2D eigenvalue weighted by molar-refractivity contribution is -0.124. The number of rotatable bonds is 6. The van der Waals surface area contributed by atoms with Crippen LogP contribution in [0.15, 0.2) is 78.9 Å². The number of hydrogen-bond acceptors (Lipinski definition) is 5. The van der Waals surface area contributed by atoms with Crippen molar-refractivity contribution >= 4 is 11.9 Å². The summed E-state index contributed by atoms with van der Waals surface area (Å²) in [4.78, 5) is 24.7. The maximum absolute atomic E-state index is 12.5. The number of carbonyl (C=O) groups is 2. The molecule has 6 nitrogen and oxygen atoms in total. The summed E-state index contributed by atoms with van der Waals surface area (Å²) in [5.41, 5.74) is 2.08. The van der Waals surface area contributed by atoms with Crippen LogP contribution in [0, 0.1) is 0 Å². The van der Waals surface area contributed by atoms with E-state index >= 15 is 0 Å². The minimum atomic E-state index is -0.546. The van der Waals surface area contributed by atoms with Crippen LogP contribution in [0.4, 0.5) is 0 Å². The zero-order valence-electron chi connectivity index (χ0n) is 16.2. The quantitative estimate of drug-likeness (QED) is 0.638. The highest BCUT2D eigenvalue weighted by molar-refractivity contribution is 5.98. The van der Waals surface area contributed by atoms with Crippen LogP contribution in [-0.2, 0) is 9.53 Å². The van der Waals surface area contributed by atoms with Gasteiger partial charge < -0.3 is 19.5 Å². The first-order valence-electron chi connectivity index (χ1n) is 9.67. The molecule has 6 heteroatoms. The van der Waals surface area contributed by atoms with Crippen molar-refractivity contribution in [2.45, 2.75) is 6.10 Å². The minimum Gasteiger partial charge on any atom is -0.486 e. The molecule has 0 saturated heterocycles. The average Bonchev–Trinajstić information content (AvgIpc) is 2.81. The second kappa shape index (κ2) is 9.13. The predicted molar refractivity (Wildman–Crippen MR) is 112 cm³/mol. The number of benzene rings is 3. The molecule has 0 spiro atoms. The van der Waals surface area contributed by atoms with Crippen molar-refractivity contribution in [3.05, 3.63) is 84.4 Å². The Morgan fingerprint density at radius 3 is 2.43 bits per heavy atom. The zero-order chi connectivity index (χ0) is 20.8. The first-order chi connectivity index (χ1) is 14.7. The third kappa shape index (κ3) is 4.60. The average molecular weight is 403 g/mol. The van der Waals surface area contributed by atoms with Gasteiger partial charge in [-0.25, -0.2) is 4.79 Å². The van der Waals surface area contributed by atoms with Crippen LogP contribution in [0.2, 0.25) is 0 Å². The van der Waals surface area contributed by atoms with E-state index in [-0.39, 0.29) is 19.3 Å². The van der Waals surface area contributed by atoms with Crippen LogP contribution in [0.5, 0.6) is 11.5 Å². The number of para-hydroxylation sites is 2. The highest BCUT2D eigenvalue weighted by atomic mass is 16.6. The molecule has 1 N–H and O–H groups in total. The second-order valence-corrected chi connectivity index (χ2v) is 6.79. The number of amides is 1. The Labute approximate surface area is 174 Å². The minimum absolute atomic E-state index is 0.255. The number of ether oxygens (including phenoxy) is 3. The lowest BCUT2D eigenvalue weighted by atomic mass is 10.00. The molecule has 1 aliphatic heterocycles. The van der Waals surface area contributed by atoms with E-state index in [1.54, 1.807) is 12.1 Å². The molecule has 3 aromatic carbocycles. The normalized spacial score (nSPS) is 14.6. The van der Waals surface area contributed by atoms with Gasteiger partial charge in [-0.1, -0.05) is 60.7 Å². The van der Waals surface area contributed by atoms with Gasteiger partial charge in [0.15, 0.2) is 18.1 Å². The topological polar surface area (TPSA) is 73.9 Å². The molecule has 1 amide bonds. The number of esters is 1. The van der Waals surface area contributed by atoms with Crippen molar-refractivity contribution < 1.29 is 23.8 Å². The highest BCUT2D eigenvalue weighted by Crippen LogP contribution is 2.30. The van der Waals surface area contributed by atoms with Crippen LogP contribution < -0.4 is 14.8 Å². The summed E-state index contributed by atoms with van der Waals surface area (Å²) in [6.07, 6.45) is -0.307. The Kier molecular flexibility index (Phi) is 5.94. The van der Waals surface area contributed by atoms with Crippen molar-refractivity contribution in [1.82, 2.24) is 5.32 Å². The fourth-order valence-corrected chi connectivity index (χ4v) is 3.18. The summed E-state index contributed by atoms with van der Waals surface area (Å²) >= 11 is 0. The summed E-state index contributed by atoms with van der Waals surface area (Å²) in [7, 11) is 0. The number of carbonyl (C=O) groups excluding carboxylic acids is 2. The van der Waals surface area contributed by atoms with Crippen LogP contribution >= 0.6 is 0 Å². The third-order valence-electron chi connectivity index (χ3n) is 4.66. The molecular formula is C24H21NO5. The van der Waals surface area contributed by atoms with Crippen LogP contribution in [0.1, 0.15) is 10.4 Å². The van der Waals surface area contributed by atoms with Gasteiger partial charge in [-0.05, 0) is 29.3 Å². The van der Waals surface area contributed by atoms with Gasteiger partial charge in [0.05, 0.1) is 12.1 Å². The summed E-state index contributed by atoms with van der Waals surface area (Å²) in [6.45, 7) is 0.221. The first kappa shape index (κ1) is 19.5. The van der Waals surface area contributed by atoms with Gasteiger partial charge in [0.1, 0.15) is 12.7 Å². The molecule has 3 aromatic rings. The van der Waals surface area contributed by atoms with E-state index in [0.717, 1.165) is 11.1 Å². The molecule has 1 heterocycles. The molecule has 0 bridgehead atoms. The monoisotopic (exact) mass is 403 g/mol. The molecule has 1 atom stereocenters. The standard InChI is InChI=1S/C24H21NO5/c26-23(25-14-18-15-28-21-12-6-7-13-22(21)30-18)16-29-24(27)20-11-5-4-10-19(20)17-8-2-1-3-9-17/h1-13,18H,14-16H2,(H,25,26)/t18-/m1/s1. The molecule has 0 unspecified atom stereocenters. The van der Waals surface area contributed by atoms with Gasteiger partial charge in [-0.2, -0.15) is 0 Å². The van der Waals surface area contributed by atoms with Gasteiger partial charge >= 0.3 is 5.97 Å². The van der Waals surface area contributed by atoms with Gasteiger partial charge in [0.25, 0.3) is 5.91 Å². The lowest BCUT2D eigenvalue weighted by Crippen LogP contribution is -2.42. The van der Waals surface area contributed by atoms with E-state index in [1.807, 2.05) is 66.7 Å². The maximum atomic E-state index is 12.5. The van der Waals surface area contributed by atoms with E-state index in [1.165, 1.54) is 0 Å². The molecule has 0 radical (unpaired) electrons. The predicted octanol–water partition coefficient (Wildman–Crippen LogP) is 3.47. The van der Waals surface area contributed by atoms with Gasteiger partial charge in [-0.15, -0.1) is 0 Å². The number of fused-ring (bicyclic) bond motifs is 1. The van der Waals surface area contributed by atoms with Crippen molar-refractivity contribution in [2.75, 3.05) is 19.8 Å². The lowest BCUT2D eigenvalue weighted by Gasteiger charge is -2.26. The molecule has 1 aliphatic rings. The molecular weight excluding hydrogens is 382 g/mol. The van der Waals surface area contributed by atoms with E-state index in [2.05, 4.69) is 5.32 Å². The molecule has 0 aliphatic carbocycles. The Bertz CT molecular complexity index is 1030. The highest BCUT2D eigenvalue weighted by Gasteiger charge is 2.21. The molecule has 0 saturated carbocycles. The van der Waals surface area contributed by atoms with Crippen molar-refractivity contribution in [3.63, 3.8) is 0 Å². The fraction of sp³-hybridized carbons (Fsp3) is 0.167. The number of nitrogens with one attached hydrogen (secondary N) is 1. The Hall–Kier alpha value is -3.80. The molecule has 0 fully saturated rings. The second-order valence-electron chi connectivity index (χ2n) is 6.79. The van der Waals surface area contributed by atoms with Gasteiger partial charge in [-0.3, -0.25) is 4.79 Å². The van der Waals surface area contributed by atoms with Crippen LogP contribution in [0.25, 0.3) is 11.1 Å². The van der Waals surface area contributed by atoms with Gasteiger partial charge in [0, 0.05) is 0 Å². The molecule has 0 aromatic heterocycles. The SMILES string of the molecule is O=C(COC(=O)c1ccccc1-c1ccccc1)NC[C@@H]1COc2ccccc2O1. The summed E-state index contributed by atoms with van der Waals surface area (Å²) < 4.78 is 16.6. The Morgan fingerprint density at radius 1 is 0.900 bits per heavy atom. The Balaban J connectivity index is 1.29. The van der Waals surface area contributed by atoms with E-state index in [4.69, 9.17) is 14.2 Å². The summed E-state index contributed by atoms with van der Waals surface area (Å²) in [5.74, 6) is 0.386. The first-order valence-corrected chi connectivity index (χ1v) is 9.67. The van der Waals surface area contributed by atoms with Crippen LogP contribution in [0.3, 0.4) is 0 Å². The third-order valence-corrected chi connectivity index (χ3v) is 4.66. The van der Waals surface area contributed by atoms with E-state index in [9.17, 15) is 9.59 Å². The largest absolute Gasteiger partial charge is 0.486 e. The van der Waals surface area contributed by atoms with E-state index < -0.39 is 11.9 Å². The van der Waals surface area contributed by atoms with Crippen molar-refractivity contribution in [2.24, 2.45) is 0 Å². The van der Waals surface area contributed by atoms with Crippen molar-refractivity contribution in [3.8, 4) is 22.6 Å². The van der Waals surface area contributed by atoms with Gasteiger partial charge in [0.2, 0.25) is 0 Å².